The molecule has 2 rings (SSSR count). The summed E-state index contributed by atoms with van der Waals surface area (Å²) < 4.78 is 37.9. The normalized spacial score (nSPS) is 11.7. The van der Waals surface area contributed by atoms with Crippen LogP contribution in [0.25, 0.3) is 11.3 Å². The number of aromatic amines is 2. The SMILES string of the molecule is O=c1cc(-c2ccccc2C(F)(F)F)[nH][nH]1. The maximum absolute atomic E-state index is 12.6. The van der Waals surface area contributed by atoms with Crippen molar-refractivity contribution in [2.75, 3.05) is 0 Å². The fourth-order valence-corrected chi connectivity index (χ4v) is 1.44. The Hall–Kier alpha value is -1.98. The third-order valence-electron chi connectivity index (χ3n) is 2.12. The predicted octanol–water partition coefficient (Wildman–Crippen LogP) is 2.39. The number of alkyl halides is 3. The topological polar surface area (TPSA) is 48.6 Å². The fraction of sp³-hybridized carbons (Fsp3) is 0.100. The Kier molecular flexibility index (Phi) is 2.34. The molecule has 0 aliphatic carbocycles. The maximum atomic E-state index is 12.6. The van der Waals surface area contributed by atoms with E-state index in [1.165, 1.54) is 18.2 Å². The smallest absolute Gasteiger partial charge is 0.298 e. The minimum atomic E-state index is -4.44. The van der Waals surface area contributed by atoms with E-state index >= 15 is 0 Å². The first-order valence-corrected chi connectivity index (χ1v) is 4.43. The molecular weight excluding hydrogens is 221 g/mol. The van der Waals surface area contributed by atoms with Gasteiger partial charge in [-0.15, -0.1) is 0 Å². The molecule has 2 aromatic rings. The standard InChI is InChI=1S/C10H7F3N2O/c11-10(12,13)7-4-2-1-3-6(7)8-5-9(16)15-14-8/h1-5H,(H2,14,15,16). The minimum Gasteiger partial charge on any atom is -0.298 e. The van der Waals surface area contributed by atoms with Crippen molar-refractivity contribution in [2.24, 2.45) is 0 Å². The summed E-state index contributed by atoms with van der Waals surface area (Å²) in [5.74, 6) is 0. The molecule has 0 aliphatic rings. The molecule has 0 unspecified atom stereocenters. The van der Waals surface area contributed by atoms with Gasteiger partial charge in [0.05, 0.1) is 11.3 Å². The van der Waals surface area contributed by atoms with Gasteiger partial charge in [-0.05, 0) is 6.07 Å². The molecule has 0 amide bonds. The highest BCUT2D eigenvalue weighted by molar-refractivity contribution is 5.63. The van der Waals surface area contributed by atoms with Crippen molar-refractivity contribution in [3.05, 3.63) is 46.2 Å². The van der Waals surface area contributed by atoms with Crippen LogP contribution in [0, 0.1) is 0 Å². The highest BCUT2D eigenvalue weighted by Gasteiger charge is 2.33. The van der Waals surface area contributed by atoms with E-state index in [1.54, 1.807) is 0 Å². The molecule has 3 nitrogen and oxygen atoms in total. The highest BCUT2D eigenvalue weighted by atomic mass is 19.4. The lowest BCUT2D eigenvalue weighted by molar-refractivity contribution is -0.137. The quantitative estimate of drug-likeness (QED) is 0.773. The number of hydrogen-bond acceptors (Lipinski definition) is 1. The molecule has 0 atom stereocenters. The zero-order valence-electron chi connectivity index (χ0n) is 7.93. The van der Waals surface area contributed by atoms with Crippen LogP contribution in [0.2, 0.25) is 0 Å². The number of nitrogens with one attached hydrogen (secondary N) is 2. The summed E-state index contributed by atoms with van der Waals surface area (Å²) >= 11 is 0. The monoisotopic (exact) mass is 228 g/mol. The van der Waals surface area contributed by atoms with Crippen molar-refractivity contribution >= 4 is 0 Å². The molecule has 2 N–H and O–H groups in total. The Balaban J connectivity index is 2.61. The largest absolute Gasteiger partial charge is 0.417 e. The zero-order valence-corrected chi connectivity index (χ0v) is 7.93. The first-order valence-electron chi connectivity index (χ1n) is 4.43. The number of halogens is 3. The van der Waals surface area contributed by atoms with Crippen molar-refractivity contribution < 1.29 is 13.2 Å². The highest BCUT2D eigenvalue weighted by Crippen LogP contribution is 2.35. The molecular formula is C10H7F3N2O. The summed E-state index contributed by atoms with van der Waals surface area (Å²) in [4.78, 5) is 10.9. The average molecular weight is 228 g/mol. The first-order chi connectivity index (χ1) is 7.48. The fourth-order valence-electron chi connectivity index (χ4n) is 1.44. The molecule has 0 saturated heterocycles. The number of aromatic nitrogens is 2. The summed E-state index contributed by atoms with van der Waals surface area (Å²) in [5.41, 5.74) is -1.16. The molecule has 1 heterocycles. The Morgan fingerprint density at radius 1 is 1.06 bits per heavy atom. The molecule has 0 fully saturated rings. The number of rotatable bonds is 1. The zero-order chi connectivity index (χ0) is 11.8. The van der Waals surface area contributed by atoms with E-state index < -0.39 is 17.3 Å². The van der Waals surface area contributed by atoms with Gasteiger partial charge in [0, 0.05) is 11.6 Å². The van der Waals surface area contributed by atoms with E-state index in [2.05, 4.69) is 10.2 Å². The number of benzene rings is 1. The lowest BCUT2D eigenvalue weighted by atomic mass is 10.0. The average Bonchev–Trinajstić information content (AvgIpc) is 2.64. The molecule has 84 valence electrons. The van der Waals surface area contributed by atoms with E-state index in [4.69, 9.17) is 0 Å². The van der Waals surface area contributed by atoms with Gasteiger partial charge in [0.1, 0.15) is 0 Å². The minimum absolute atomic E-state index is 0.0478. The van der Waals surface area contributed by atoms with E-state index in [0.717, 1.165) is 12.1 Å². The molecule has 0 bridgehead atoms. The first kappa shape index (κ1) is 10.5. The van der Waals surface area contributed by atoms with E-state index in [1.807, 2.05) is 0 Å². The van der Waals surface area contributed by atoms with Crippen LogP contribution >= 0.6 is 0 Å². The van der Waals surface area contributed by atoms with Crippen LogP contribution in [0.3, 0.4) is 0 Å². The summed E-state index contributed by atoms with van der Waals surface area (Å²) in [6.45, 7) is 0. The summed E-state index contributed by atoms with van der Waals surface area (Å²) in [7, 11) is 0. The van der Waals surface area contributed by atoms with Crippen LogP contribution in [0.5, 0.6) is 0 Å². The van der Waals surface area contributed by atoms with Gasteiger partial charge in [-0.3, -0.25) is 15.0 Å². The Labute approximate surface area is 87.9 Å². The van der Waals surface area contributed by atoms with Crippen molar-refractivity contribution in [1.82, 2.24) is 10.2 Å². The second-order valence-corrected chi connectivity index (χ2v) is 3.22. The second-order valence-electron chi connectivity index (χ2n) is 3.22. The molecule has 0 spiro atoms. The lowest BCUT2D eigenvalue weighted by Crippen LogP contribution is -2.06. The van der Waals surface area contributed by atoms with Gasteiger partial charge in [-0.25, -0.2) is 0 Å². The maximum Gasteiger partial charge on any atom is 0.417 e. The molecule has 1 aromatic carbocycles. The van der Waals surface area contributed by atoms with Crippen molar-refractivity contribution in [1.29, 1.82) is 0 Å². The summed E-state index contributed by atoms with van der Waals surface area (Å²) in [6.07, 6.45) is -4.44. The van der Waals surface area contributed by atoms with E-state index in [0.29, 0.717) is 0 Å². The molecule has 0 aliphatic heterocycles. The van der Waals surface area contributed by atoms with Gasteiger partial charge in [-0.1, -0.05) is 18.2 Å². The van der Waals surface area contributed by atoms with E-state index in [9.17, 15) is 18.0 Å². The number of hydrogen-bond donors (Lipinski definition) is 2. The molecule has 1 aromatic heterocycles. The van der Waals surface area contributed by atoms with Gasteiger partial charge >= 0.3 is 6.18 Å². The van der Waals surface area contributed by atoms with Crippen molar-refractivity contribution in [3.8, 4) is 11.3 Å². The third-order valence-corrected chi connectivity index (χ3v) is 2.12. The Morgan fingerprint density at radius 3 is 2.31 bits per heavy atom. The second kappa shape index (κ2) is 3.55. The van der Waals surface area contributed by atoms with Crippen LogP contribution in [0.4, 0.5) is 13.2 Å². The van der Waals surface area contributed by atoms with Gasteiger partial charge in [0.25, 0.3) is 5.56 Å². The van der Waals surface area contributed by atoms with Gasteiger partial charge < -0.3 is 0 Å². The Morgan fingerprint density at radius 2 is 1.75 bits per heavy atom. The molecule has 6 heteroatoms. The van der Waals surface area contributed by atoms with Crippen LogP contribution in [-0.4, -0.2) is 10.2 Å². The van der Waals surface area contributed by atoms with Crippen LogP contribution in [-0.2, 0) is 6.18 Å². The van der Waals surface area contributed by atoms with Crippen LogP contribution in [0.15, 0.2) is 35.1 Å². The third kappa shape index (κ3) is 1.86. The molecule has 0 saturated carbocycles. The lowest BCUT2D eigenvalue weighted by Gasteiger charge is -2.10. The Bertz CT molecular complexity index is 553. The van der Waals surface area contributed by atoms with Crippen LogP contribution < -0.4 is 5.56 Å². The molecule has 16 heavy (non-hydrogen) atoms. The molecule has 0 radical (unpaired) electrons. The van der Waals surface area contributed by atoms with Gasteiger partial charge in [0.2, 0.25) is 0 Å². The summed E-state index contributed by atoms with van der Waals surface area (Å²) in [5, 5.41) is 4.59. The van der Waals surface area contributed by atoms with Crippen molar-refractivity contribution in [3.63, 3.8) is 0 Å². The van der Waals surface area contributed by atoms with Crippen LogP contribution in [0.1, 0.15) is 5.56 Å². The summed E-state index contributed by atoms with van der Waals surface area (Å²) in [6, 6.07) is 6.15. The van der Waals surface area contributed by atoms with Crippen molar-refractivity contribution in [2.45, 2.75) is 6.18 Å². The predicted molar refractivity (Wildman–Crippen MR) is 51.9 cm³/mol. The van der Waals surface area contributed by atoms with E-state index in [-0.39, 0.29) is 11.3 Å². The van der Waals surface area contributed by atoms with Gasteiger partial charge in [0.15, 0.2) is 0 Å². The van der Waals surface area contributed by atoms with Gasteiger partial charge in [-0.2, -0.15) is 13.2 Å². The number of H-pyrrole nitrogens is 2.